The Balaban J connectivity index is 1.47. The normalized spacial score (nSPS) is 28.4. The Hall–Kier alpha value is -0.980. The summed E-state index contributed by atoms with van der Waals surface area (Å²) in [5.41, 5.74) is 8.18. The Labute approximate surface area is 124 Å². The van der Waals surface area contributed by atoms with E-state index in [1.54, 1.807) is 0 Å². The zero-order chi connectivity index (χ0) is 13.8. The van der Waals surface area contributed by atoms with Gasteiger partial charge in [-0.05, 0) is 67.6 Å². The molecule has 1 nitrogen and oxygen atoms in total. The summed E-state index contributed by atoms with van der Waals surface area (Å²) in [6.07, 6.45) is 14.7. The van der Waals surface area contributed by atoms with Gasteiger partial charge >= 0.3 is 0 Å². The molecule has 20 heavy (non-hydrogen) atoms. The Morgan fingerprint density at radius 1 is 0.750 bits per heavy atom. The minimum Gasteiger partial charge on any atom is -0.399 e. The molecule has 0 spiro atoms. The van der Waals surface area contributed by atoms with Gasteiger partial charge in [-0.3, -0.25) is 0 Å². The summed E-state index contributed by atoms with van der Waals surface area (Å²) in [7, 11) is 0. The van der Waals surface area contributed by atoms with Crippen molar-refractivity contribution >= 4 is 5.69 Å². The zero-order valence-electron chi connectivity index (χ0n) is 12.7. The summed E-state index contributed by atoms with van der Waals surface area (Å²) in [5.74, 6) is 2.86. The molecule has 2 fully saturated rings. The van der Waals surface area contributed by atoms with Gasteiger partial charge in [0, 0.05) is 5.69 Å². The Morgan fingerprint density at radius 2 is 1.35 bits per heavy atom. The second-order valence-electron chi connectivity index (χ2n) is 7.12. The third kappa shape index (κ3) is 3.56. The number of nitrogens with two attached hydrogens (primary N) is 1. The van der Waals surface area contributed by atoms with E-state index in [1.807, 2.05) is 0 Å². The first-order valence-electron chi connectivity index (χ1n) is 8.66. The Morgan fingerprint density at radius 3 is 2.00 bits per heavy atom. The molecule has 2 aliphatic rings. The largest absolute Gasteiger partial charge is 0.399 e. The minimum absolute atomic E-state index is 0.790. The van der Waals surface area contributed by atoms with E-state index in [4.69, 9.17) is 5.73 Å². The van der Waals surface area contributed by atoms with Crippen LogP contribution in [0.25, 0.3) is 0 Å². The van der Waals surface area contributed by atoms with Crippen molar-refractivity contribution in [3.8, 4) is 0 Å². The van der Waals surface area contributed by atoms with Crippen LogP contribution in [0.2, 0.25) is 0 Å². The van der Waals surface area contributed by atoms with E-state index in [-0.39, 0.29) is 0 Å². The predicted octanol–water partition coefficient (Wildman–Crippen LogP) is 5.51. The second-order valence-corrected chi connectivity index (χ2v) is 7.12. The highest BCUT2D eigenvalue weighted by molar-refractivity contribution is 5.40. The van der Waals surface area contributed by atoms with Gasteiger partial charge in [0.1, 0.15) is 0 Å². The number of hydrogen-bond donors (Lipinski definition) is 1. The molecule has 2 aliphatic carbocycles. The number of anilines is 1. The van der Waals surface area contributed by atoms with Crippen LogP contribution >= 0.6 is 0 Å². The lowest BCUT2D eigenvalue weighted by Gasteiger charge is -2.32. The summed E-state index contributed by atoms with van der Waals surface area (Å²) in [6.45, 7) is 0. The molecule has 2 N–H and O–H groups in total. The smallest absolute Gasteiger partial charge is 0.0314 e. The van der Waals surface area contributed by atoms with E-state index < -0.39 is 0 Å². The van der Waals surface area contributed by atoms with Gasteiger partial charge in [0.05, 0.1) is 0 Å². The van der Waals surface area contributed by atoms with Gasteiger partial charge in [-0.15, -0.1) is 0 Å². The maximum atomic E-state index is 5.78. The van der Waals surface area contributed by atoms with Gasteiger partial charge in [0.15, 0.2) is 0 Å². The average Bonchev–Trinajstić information content (AvgIpc) is 2.50. The molecule has 0 atom stereocenters. The fourth-order valence-corrected chi connectivity index (χ4v) is 4.39. The van der Waals surface area contributed by atoms with E-state index in [0.29, 0.717) is 0 Å². The number of nitrogen functional groups attached to an aromatic ring is 1. The summed E-state index contributed by atoms with van der Waals surface area (Å²) >= 11 is 0. The van der Waals surface area contributed by atoms with Crippen LogP contribution in [0.5, 0.6) is 0 Å². The number of benzene rings is 1. The Kier molecular flexibility index (Phi) is 4.65. The number of rotatable bonds is 3. The molecule has 1 aromatic carbocycles. The topological polar surface area (TPSA) is 26.0 Å². The van der Waals surface area contributed by atoms with Crippen molar-refractivity contribution < 1.29 is 0 Å². The van der Waals surface area contributed by atoms with Crippen LogP contribution in [0, 0.1) is 11.8 Å². The summed E-state index contributed by atoms with van der Waals surface area (Å²) in [4.78, 5) is 0. The van der Waals surface area contributed by atoms with E-state index in [9.17, 15) is 0 Å². The second kappa shape index (κ2) is 6.65. The van der Waals surface area contributed by atoms with Crippen molar-refractivity contribution in [1.82, 2.24) is 0 Å². The molecular formula is C19H29N. The average molecular weight is 271 g/mol. The standard InChI is InChI=1S/C19H29N/c20-19-12-10-18(11-13-19)17-8-6-16(7-9-17)14-15-4-2-1-3-5-15/h10-13,15-17H,1-9,14,20H2. The number of hydrogen-bond acceptors (Lipinski definition) is 1. The maximum Gasteiger partial charge on any atom is 0.0314 e. The van der Waals surface area contributed by atoms with Crippen molar-refractivity contribution in [2.45, 2.75) is 70.1 Å². The van der Waals surface area contributed by atoms with Gasteiger partial charge < -0.3 is 5.73 Å². The van der Waals surface area contributed by atoms with Crippen LogP contribution in [0.1, 0.15) is 75.7 Å². The van der Waals surface area contributed by atoms with Crippen molar-refractivity contribution in [3.05, 3.63) is 29.8 Å². The Bertz CT molecular complexity index is 394. The molecule has 0 aliphatic heterocycles. The van der Waals surface area contributed by atoms with Gasteiger partial charge in [-0.1, -0.05) is 44.2 Å². The van der Waals surface area contributed by atoms with Crippen molar-refractivity contribution in [1.29, 1.82) is 0 Å². The molecule has 0 unspecified atom stereocenters. The van der Waals surface area contributed by atoms with E-state index in [0.717, 1.165) is 23.4 Å². The van der Waals surface area contributed by atoms with Crippen molar-refractivity contribution in [2.24, 2.45) is 11.8 Å². The highest BCUT2D eigenvalue weighted by Gasteiger charge is 2.25. The molecule has 0 heterocycles. The SMILES string of the molecule is Nc1ccc(C2CCC(CC3CCCCC3)CC2)cc1. The summed E-state index contributed by atoms with van der Waals surface area (Å²) < 4.78 is 0. The van der Waals surface area contributed by atoms with Crippen LogP contribution in [0.15, 0.2) is 24.3 Å². The molecular weight excluding hydrogens is 242 g/mol. The first-order valence-corrected chi connectivity index (χ1v) is 8.66. The van der Waals surface area contributed by atoms with E-state index in [2.05, 4.69) is 24.3 Å². The molecule has 110 valence electrons. The third-order valence-corrected chi connectivity index (χ3v) is 5.65. The van der Waals surface area contributed by atoms with Gasteiger partial charge in [-0.25, -0.2) is 0 Å². The molecule has 0 aromatic heterocycles. The first kappa shape index (κ1) is 14.0. The molecule has 0 saturated heterocycles. The van der Waals surface area contributed by atoms with E-state index in [1.165, 1.54) is 69.8 Å². The van der Waals surface area contributed by atoms with Gasteiger partial charge in [0.2, 0.25) is 0 Å². The molecule has 1 aromatic rings. The molecule has 1 heteroatoms. The van der Waals surface area contributed by atoms with Gasteiger partial charge in [0.25, 0.3) is 0 Å². The molecule has 0 radical (unpaired) electrons. The van der Waals surface area contributed by atoms with Gasteiger partial charge in [-0.2, -0.15) is 0 Å². The van der Waals surface area contributed by atoms with E-state index >= 15 is 0 Å². The van der Waals surface area contributed by atoms with Crippen LogP contribution in [-0.4, -0.2) is 0 Å². The summed E-state index contributed by atoms with van der Waals surface area (Å²) in [5, 5.41) is 0. The maximum absolute atomic E-state index is 5.78. The fourth-order valence-electron chi connectivity index (χ4n) is 4.39. The fraction of sp³-hybridized carbons (Fsp3) is 0.684. The van der Waals surface area contributed by atoms with Crippen LogP contribution in [0.3, 0.4) is 0 Å². The highest BCUT2D eigenvalue weighted by atomic mass is 14.5. The molecule has 0 amide bonds. The highest BCUT2D eigenvalue weighted by Crippen LogP contribution is 2.40. The lowest BCUT2D eigenvalue weighted by molar-refractivity contribution is 0.233. The third-order valence-electron chi connectivity index (χ3n) is 5.65. The van der Waals surface area contributed by atoms with Crippen LogP contribution in [0.4, 0.5) is 5.69 Å². The molecule has 0 bridgehead atoms. The molecule has 2 saturated carbocycles. The monoisotopic (exact) mass is 271 g/mol. The molecule has 3 rings (SSSR count). The van der Waals surface area contributed by atoms with Crippen molar-refractivity contribution in [2.75, 3.05) is 5.73 Å². The van der Waals surface area contributed by atoms with Crippen LogP contribution < -0.4 is 5.73 Å². The lowest BCUT2D eigenvalue weighted by Crippen LogP contribution is -2.18. The quantitative estimate of drug-likeness (QED) is 0.720. The minimum atomic E-state index is 0.790. The predicted molar refractivity (Wildman–Crippen MR) is 86.7 cm³/mol. The lowest BCUT2D eigenvalue weighted by atomic mass is 9.73. The summed E-state index contributed by atoms with van der Waals surface area (Å²) in [6, 6.07) is 8.59. The van der Waals surface area contributed by atoms with Crippen LogP contribution in [-0.2, 0) is 0 Å². The zero-order valence-corrected chi connectivity index (χ0v) is 12.7. The van der Waals surface area contributed by atoms with Crippen molar-refractivity contribution in [3.63, 3.8) is 0 Å². The first-order chi connectivity index (χ1) is 9.81.